The number of anilines is 1. The van der Waals surface area contributed by atoms with E-state index in [0.717, 1.165) is 5.71 Å². The molecule has 0 aliphatic carbocycles. The molecule has 15 heteroatoms. The van der Waals surface area contributed by atoms with Gasteiger partial charge in [-0.2, -0.15) is 0 Å². The van der Waals surface area contributed by atoms with Crippen molar-refractivity contribution in [2.45, 2.75) is 12.7 Å². The minimum absolute atomic E-state index is 0.0348. The van der Waals surface area contributed by atoms with Crippen LogP contribution in [0.4, 0.5) is 15.1 Å². The van der Waals surface area contributed by atoms with Crippen LogP contribution in [0.3, 0.4) is 0 Å². The Morgan fingerprint density at radius 1 is 1.29 bits per heavy atom. The van der Waals surface area contributed by atoms with E-state index in [4.69, 9.17) is 20.7 Å². The summed E-state index contributed by atoms with van der Waals surface area (Å²) in [5.41, 5.74) is 6.71. The second kappa shape index (κ2) is 10.6. The summed E-state index contributed by atoms with van der Waals surface area (Å²) in [6.07, 6.45) is 1.94. The first kappa shape index (κ1) is 24.3. The van der Waals surface area contributed by atoms with E-state index in [1.165, 1.54) is 18.5 Å². The van der Waals surface area contributed by atoms with Gasteiger partial charge in [0.1, 0.15) is 12.4 Å². The number of alkyl carbamates (subject to hydrolysis) is 1. The predicted molar refractivity (Wildman–Crippen MR) is 124 cm³/mol. The zero-order valence-electron chi connectivity index (χ0n) is 18.4. The Morgan fingerprint density at radius 2 is 2.00 bits per heavy atom. The fourth-order valence-corrected chi connectivity index (χ4v) is 4.00. The summed E-state index contributed by atoms with van der Waals surface area (Å²) in [6.45, 7) is 1.71. The highest BCUT2D eigenvalue weighted by atomic mass is 32.2. The molecule has 2 aromatic rings. The molecular formula is C20H23FN8O5S. The molecule has 0 spiro atoms. The van der Waals surface area contributed by atoms with E-state index in [1.807, 2.05) is 10.2 Å². The Hall–Kier alpha value is -3.85. The number of nitrogens with two attached hydrogens (primary N) is 1. The summed E-state index contributed by atoms with van der Waals surface area (Å²) in [5, 5.41) is 13.0. The summed E-state index contributed by atoms with van der Waals surface area (Å²) < 4.78 is 41.1. The van der Waals surface area contributed by atoms with Crippen LogP contribution < -0.4 is 16.0 Å². The third kappa shape index (κ3) is 6.19. The maximum Gasteiger partial charge on any atom is 0.414 e. The molecule has 2 saturated heterocycles. The van der Waals surface area contributed by atoms with Gasteiger partial charge in [-0.25, -0.2) is 27.6 Å². The number of hydrogen-bond donors (Lipinski definition) is 4. The van der Waals surface area contributed by atoms with Crippen molar-refractivity contribution in [2.24, 2.45) is 10.9 Å². The standard InChI is InChI=1S/C20H23FN8O5S/c21-17-12(10-33-20(30)26-18(22)23)2-1-3-16(17)13-4-24-19(25-5-13)29-6-14(7-29)27-34-15-8-28(9-15)11-35(31)32/h1-5,15,35H,6-11H2,(H4,22,23,26,30). The van der Waals surface area contributed by atoms with Crippen molar-refractivity contribution in [2.75, 3.05) is 37.0 Å². The summed E-state index contributed by atoms with van der Waals surface area (Å²) in [4.78, 5) is 29.1. The van der Waals surface area contributed by atoms with Gasteiger partial charge < -0.3 is 20.2 Å². The Morgan fingerprint density at radius 3 is 2.66 bits per heavy atom. The van der Waals surface area contributed by atoms with Crippen LogP contribution in [0.2, 0.25) is 0 Å². The quantitative estimate of drug-likeness (QED) is 0.163. The van der Waals surface area contributed by atoms with Gasteiger partial charge in [-0.15, -0.1) is 0 Å². The Kier molecular flexibility index (Phi) is 7.36. The molecule has 0 saturated carbocycles. The van der Waals surface area contributed by atoms with E-state index in [2.05, 4.69) is 15.1 Å². The molecule has 4 N–H and O–H groups in total. The summed E-state index contributed by atoms with van der Waals surface area (Å²) >= 11 is 0. The molecule has 0 unspecified atom stereocenters. The van der Waals surface area contributed by atoms with Gasteiger partial charge in [0.05, 0.1) is 24.7 Å². The Balaban J connectivity index is 1.29. The van der Waals surface area contributed by atoms with E-state index in [1.54, 1.807) is 17.0 Å². The number of aromatic nitrogens is 2. The summed E-state index contributed by atoms with van der Waals surface area (Å²) in [7, 11) is -2.42. The SMILES string of the molecule is N=C(N)NC(=O)OCc1cccc(-c2cnc(N3CC(=NOC4CN(C[SH](=O)=O)C4)C3)nc2)c1F. The minimum atomic E-state index is -2.42. The predicted octanol–water partition coefficient (Wildman–Crippen LogP) is -0.152. The lowest BCUT2D eigenvalue weighted by Crippen LogP contribution is -2.53. The summed E-state index contributed by atoms with van der Waals surface area (Å²) in [6, 6.07) is 4.66. The highest BCUT2D eigenvalue weighted by molar-refractivity contribution is 7.72. The van der Waals surface area contributed by atoms with Crippen LogP contribution in [0.15, 0.2) is 35.7 Å². The zero-order valence-corrected chi connectivity index (χ0v) is 19.3. The van der Waals surface area contributed by atoms with Gasteiger partial charge in [0.2, 0.25) is 5.95 Å². The van der Waals surface area contributed by atoms with Gasteiger partial charge in [-0.1, -0.05) is 23.4 Å². The van der Waals surface area contributed by atoms with E-state index in [-0.39, 0.29) is 29.7 Å². The number of rotatable bonds is 8. The molecule has 0 radical (unpaired) electrons. The first-order chi connectivity index (χ1) is 16.8. The number of likely N-dealkylation sites (tertiary alicyclic amines) is 1. The second-order valence-corrected chi connectivity index (χ2v) is 8.86. The number of oxime groups is 1. The van der Waals surface area contributed by atoms with Crippen LogP contribution in [0.5, 0.6) is 0 Å². The average Bonchev–Trinajstić information content (AvgIpc) is 2.75. The highest BCUT2D eigenvalue weighted by Gasteiger charge is 2.30. The molecule has 0 bridgehead atoms. The molecule has 1 aromatic carbocycles. The third-order valence-corrected chi connectivity index (χ3v) is 5.85. The normalized spacial score (nSPS) is 15.8. The molecule has 35 heavy (non-hydrogen) atoms. The van der Waals surface area contributed by atoms with Gasteiger partial charge in [0, 0.05) is 42.2 Å². The average molecular weight is 507 g/mol. The maximum absolute atomic E-state index is 14.9. The molecule has 0 atom stereocenters. The second-order valence-electron chi connectivity index (χ2n) is 7.92. The topological polar surface area (TPSA) is 176 Å². The van der Waals surface area contributed by atoms with Gasteiger partial charge >= 0.3 is 6.09 Å². The number of thiol groups is 1. The van der Waals surface area contributed by atoms with Crippen molar-refractivity contribution in [3.63, 3.8) is 0 Å². The number of guanidine groups is 1. The Labute approximate surface area is 201 Å². The van der Waals surface area contributed by atoms with Crippen LogP contribution in [-0.4, -0.2) is 79.2 Å². The molecule has 13 nitrogen and oxygen atoms in total. The largest absolute Gasteiger partial charge is 0.444 e. The number of nitrogens with zero attached hydrogens (tertiary/aromatic N) is 5. The highest BCUT2D eigenvalue weighted by Crippen LogP contribution is 2.26. The molecule has 186 valence electrons. The zero-order chi connectivity index (χ0) is 24.9. The van der Waals surface area contributed by atoms with Crippen molar-refractivity contribution in [1.29, 1.82) is 5.41 Å². The van der Waals surface area contributed by atoms with Crippen LogP contribution in [0.25, 0.3) is 11.1 Å². The number of halogens is 1. The van der Waals surface area contributed by atoms with Gasteiger partial charge in [-0.3, -0.25) is 15.6 Å². The van der Waals surface area contributed by atoms with E-state index in [0.29, 0.717) is 37.7 Å². The van der Waals surface area contributed by atoms with E-state index < -0.39 is 28.6 Å². The van der Waals surface area contributed by atoms with Gasteiger partial charge in [0.15, 0.2) is 22.8 Å². The number of carbonyl (C=O) groups excluding carboxylic acids is 1. The molecule has 1 amide bonds. The summed E-state index contributed by atoms with van der Waals surface area (Å²) in [5.74, 6) is -0.654. The van der Waals surface area contributed by atoms with Crippen molar-refractivity contribution >= 4 is 34.4 Å². The fourth-order valence-electron chi connectivity index (χ4n) is 3.44. The fraction of sp³-hybridized carbons (Fsp3) is 0.350. The third-order valence-electron chi connectivity index (χ3n) is 5.22. The monoisotopic (exact) mass is 506 g/mol. The maximum atomic E-state index is 14.9. The van der Waals surface area contributed by atoms with E-state index in [9.17, 15) is 17.6 Å². The lowest BCUT2D eigenvalue weighted by atomic mass is 10.1. The van der Waals surface area contributed by atoms with Gasteiger partial charge in [0.25, 0.3) is 0 Å². The number of carbonyl (C=O) groups is 1. The number of hydrogen-bond acceptors (Lipinski definition) is 11. The molecular weight excluding hydrogens is 483 g/mol. The first-order valence-corrected chi connectivity index (χ1v) is 11.8. The van der Waals surface area contributed by atoms with Crippen molar-refractivity contribution in [3.8, 4) is 11.1 Å². The minimum Gasteiger partial charge on any atom is -0.444 e. The lowest BCUT2D eigenvalue weighted by Gasteiger charge is -2.37. The molecule has 2 fully saturated rings. The van der Waals surface area contributed by atoms with Crippen LogP contribution in [0.1, 0.15) is 5.56 Å². The molecule has 1 aromatic heterocycles. The number of benzene rings is 1. The smallest absolute Gasteiger partial charge is 0.414 e. The first-order valence-electron chi connectivity index (χ1n) is 10.5. The van der Waals surface area contributed by atoms with Crippen LogP contribution >= 0.6 is 0 Å². The van der Waals surface area contributed by atoms with Crippen molar-refractivity contribution in [1.82, 2.24) is 20.2 Å². The van der Waals surface area contributed by atoms with E-state index >= 15 is 0 Å². The van der Waals surface area contributed by atoms with Crippen molar-refractivity contribution in [3.05, 3.63) is 42.0 Å². The van der Waals surface area contributed by atoms with Crippen LogP contribution in [-0.2, 0) is 26.9 Å². The number of amides is 1. The number of ether oxygens (including phenoxy) is 1. The molecule has 2 aliphatic rings. The van der Waals surface area contributed by atoms with Crippen LogP contribution in [0, 0.1) is 11.2 Å². The molecule has 3 heterocycles. The number of nitrogens with one attached hydrogen (secondary N) is 2. The lowest BCUT2D eigenvalue weighted by molar-refractivity contribution is -0.0449. The molecule has 2 aliphatic heterocycles. The molecule has 4 rings (SSSR count). The van der Waals surface area contributed by atoms with Crippen molar-refractivity contribution < 1.29 is 27.2 Å². The Bertz CT molecular complexity index is 1200. The van der Waals surface area contributed by atoms with Gasteiger partial charge in [-0.05, 0) is 0 Å².